The smallest absolute Gasteiger partial charge is 0.268 e. The number of nitrogens with zero attached hydrogens (tertiary/aromatic N) is 1. The lowest BCUT2D eigenvalue weighted by Gasteiger charge is -2.29. The highest BCUT2D eigenvalue weighted by atomic mass is 31.2. The number of phosphoric ester groups is 1. The van der Waals surface area contributed by atoms with Gasteiger partial charge in [-0.2, -0.15) is 0 Å². The van der Waals surface area contributed by atoms with Gasteiger partial charge in [0.1, 0.15) is 13.2 Å². The van der Waals surface area contributed by atoms with E-state index in [1.807, 2.05) is 27.2 Å². The highest BCUT2D eigenvalue weighted by Gasteiger charge is 2.23. The van der Waals surface area contributed by atoms with Gasteiger partial charge in [-0.15, -0.1) is 0 Å². The quantitative estimate of drug-likeness (QED) is 0.0209. The first kappa shape index (κ1) is 54.5. The zero-order valence-corrected chi connectivity index (χ0v) is 38.0. The number of likely N-dealkylation sites (N-methyl/N-ethyl adjacent to an activating group) is 1. The molecule has 0 saturated carbocycles. The van der Waals surface area contributed by atoms with E-state index in [-0.39, 0.29) is 12.5 Å². The molecule has 0 heterocycles. The second kappa shape index (κ2) is 38.9. The zero-order valence-electron chi connectivity index (χ0n) is 37.1. The monoisotopic (exact) mass is 809 g/mol. The summed E-state index contributed by atoms with van der Waals surface area (Å²) in [6.07, 6.45) is 48.7. The van der Waals surface area contributed by atoms with Crippen LogP contribution in [0.3, 0.4) is 0 Å². The van der Waals surface area contributed by atoms with E-state index in [1.54, 1.807) is 6.08 Å². The fourth-order valence-electron chi connectivity index (χ4n) is 6.33. The van der Waals surface area contributed by atoms with E-state index in [1.165, 1.54) is 135 Å². The lowest BCUT2D eigenvalue weighted by Crippen LogP contribution is -2.45. The van der Waals surface area contributed by atoms with Gasteiger partial charge in [0.15, 0.2) is 0 Å². The molecule has 3 unspecified atom stereocenters. The van der Waals surface area contributed by atoms with Crippen molar-refractivity contribution in [1.29, 1.82) is 0 Å². The zero-order chi connectivity index (χ0) is 41.4. The van der Waals surface area contributed by atoms with E-state index < -0.39 is 26.6 Å². The van der Waals surface area contributed by atoms with E-state index >= 15 is 0 Å². The van der Waals surface area contributed by atoms with Gasteiger partial charge >= 0.3 is 0 Å². The van der Waals surface area contributed by atoms with Gasteiger partial charge in [-0.25, -0.2) is 0 Å². The maximum Gasteiger partial charge on any atom is 0.268 e. The van der Waals surface area contributed by atoms with Gasteiger partial charge in [-0.3, -0.25) is 9.36 Å². The molecule has 0 aliphatic rings. The van der Waals surface area contributed by atoms with Crippen LogP contribution in [0.1, 0.15) is 194 Å². The van der Waals surface area contributed by atoms with Crippen LogP contribution in [-0.2, 0) is 18.4 Å². The van der Waals surface area contributed by atoms with E-state index in [0.717, 1.165) is 38.5 Å². The molecule has 0 bridgehead atoms. The molecule has 0 saturated heterocycles. The van der Waals surface area contributed by atoms with Crippen molar-refractivity contribution in [1.82, 2.24) is 5.32 Å². The van der Waals surface area contributed by atoms with Crippen molar-refractivity contribution in [3.63, 3.8) is 0 Å². The summed E-state index contributed by atoms with van der Waals surface area (Å²) in [6.45, 7) is 4.58. The molecule has 8 nitrogen and oxygen atoms in total. The van der Waals surface area contributed by atoms with Crippen molar-refractivity contribution in [2.24, 2.45) is 0 Å². The topological polar surface area (TPSA) is 108 Å². The second-order valence-electron chi connectivity index (χ2n) is 16.8. The summed E-state index contributed by atoms with van der Waals surface area (Å²) in [4.78, 5) is 25.3. The third kappa shape index (κ3) is 40.6. The minimum absolute atomic E-state index is 0.00814. The summed E-state index contributed by atoms with van der Waals surface area (Å²) in [5.74, 6) is -0.213. The van der Waals surface area contributed by atoms with Crippen LogP contribution in [0.15, 0.2) is 48.6 Å². The van der Waals surface area contributed by atoms with Crippen molar-refractivity contribution in [2.45, 2.75) is 206 Å². The maximum atomic E-state index is 12.9. The molecule has 0 aliphatic heterocycles. The van der Waals surface area contributed by atoms with E-state index in [9.17, 15) is 19.4 Å². The van der Waals surface area contributed by atoms with Crippen molar-refractivity contribution >= 4 is 13.7 Å². The molecule has 328 valence electrons. The summed E-state index contributed by atoms with van der Waals surface area (Å²) in [5.41, 5.74) is 0. The Balaban J connectivity index is 4.43. The van der Waals surface area contributed by atoms with Crippen LogP contribution in [0, 0.1) is 0 Å². The van der Waals surface area contributed by atoms with Crippen LogP contribution < -0.4 is 10.2 Å². The summed E-state index contributed by atoms with van der Waals surface area (Å²) >= 11 is 0. The second-order valence-corrected chi connectivity index (χ2v) is 18.2. The fourth-order valence-corrected chi connectivity index (χ4v) is 7.06. The number of rotatable bonds is 41. The van der Waals surface area contributed by atoms with E-state index in [4.69, 9.17) is 9.05 Å². The summed E-state index contributed by atoms with van der Waals surface area (Å²) < 4.78 is 23.2. The molecule has 0 aromatic heterocycles. The van der Waals surface area contributed by atoms with Crippen LogP contribution in [0.25, 0.3) is 0 Å². The van der Waals surface area contributed by atoms with Gasteiger partial charge in [0, 0.05) is 6.42 Å². The highest BCUT2D eigenvalue weighted by Crippen LogP contribution is 2.38. The molecule has 56 heavy (non-hydrogen) atoms. The molecule has 0 fully saturated rings. The highest BCUT2D eigenvalue weighted by molar-refractivity contribution is 7.45. The van der Waals surface area contributed by atoms with E-state index in [0.29, 0.717) is 17.4 Å². The summed E-state index contributed by atoms with van der Waals surface area (Å²) in [7, 11) is 1.24. The minimum Gasteiger partial charge on any atom is -0.756 e. The maximum absolute atomic E-state index is 12.9. The molecule has 1 amide bonds. The van der Waals surface area contributed by atoms with Crippen LogP contribution in [-0.4, -0.2) is 68.5 Å². The predicted octanol–water partition coefficient (Wildman–Crippen LogP) is 12.2. The van der Waals surface area contributed by atoms with Gasteiger partial charge < -0.3 is 28.8 Å². The molecule has 9 heteroatoms. The largest absolute Gasteiger partial charge is 0.756 e. The molecule has 0 aromatic carbocycles. The molecule has 0 aliphatic carbocycles. The number of carbonyl (C=O) groups excluding carboxylic acids is 1. The van der Waals surface area contributed by atoms with Crippen molar-refractivity contribution < 1.29 is 32.9 Å². The Morgan fingerprint density at radius 1 is 0.625 bits per heavy atom. The Kier molecular flexibility index (Phi) is 37.9. The van der Waals surface area contributed by atoms with E-state index in [2.05, 4.69) is 55.6 Å². The lowest BCUT2D eigenvalue weighted by atomic mass is 10.0. The Morgan fingerprint density at radius 2 is 1.05 bits per heavy atom. The summed E-state index contributed by atoms with van der Waals surface area (Å²) in [6, 6.07) is -0.904. The normalized spacial score (nSPS) is 14.8. The standard InChI is InChI=1S/C47H89N2O6P/c1-6-8-10-12-14-16-18-20-22-23-24-25-27-29-31-33-35-37-39-41-47(51)48-45(44-55-56(52,53)54-43-42-49(3,4)5)46(50)40-38-36-34-32-30-28-26-21-19-17-15-13-11-9-7-2/h14,16,18,20,30,32,38,40,45-46,50H,6-13,15,17,19,21-29,31,33-37,39,41-44H2,1-5H3,(H-,48,51,52,53)/b16-14-,20-18-,32-30+,40-38+. The van der Waals surface area contributed by atoms with Gasteiger partial charge in [0.05, 0.1) is 39.9 Å². The predicted molar refractivity (Wildman–Crippen MR) is 238 cm³/mol. The van der Waals surface area contributed by atoms with Gasteiger partial charge in [-0.05, 0) is 57.8 Å². The van der Waals surface area contributed by atoms with Crippen molar-refractivity contribution in [2.75, 3.05) is 40.9 Å². The molecular weight excluding hydrogens is 719 g/mol. The fraction of sp³-hybridized carbons (Fsp3) is 0.809. The van der Waals surface area contributed by atoms with Gasteiger partial charge in [0.25, 0.3) is 7.82 Å². The molecule has 0 aromatic rings. The number of quaternary nitrogens is 1. The van der Waals surface area contributed by atoms with Crippen molar-refractivity contribution in [3.8, 4) is 0 Å². The Morgan fingerprint density at radius 3 is 1.59 bits per heavy atom. The first-order chi connectivity index (χ1) is 27.0. The third-order valence-corrected chi connectivity index (χ3v) is 11.0. The molecule has 0 rings (SSSR count). The summed E-state index contributed by atoms with van der Waals surface area (Å²) in [5, 5.41) is 13.8. The number of amides is 1. The third-order valence-electron chi connectivity index (χ3n) is 10.0. The Bertz CT molecular complexity index is 1050. The number of aliphatic hydroxyl groups is 1. The molecule has 2 N–H and O–H groups in total. The average molecular weight is 809 g/mol. The number of allylic oxidation sites excluding steroid dienone is 7. The molecule has 0 spiro atoms. The molecular formula is C47H89N2O6P. The average Bonchev–Trinajstić information content (AvgIpc) is 3.15. The number of hydrogen-bond donors (Lipinski definition) is 2. The van der Waals surface area contributed by atoms with Crippen LogP contribution in [0.5, 0.6) is 0 Å². The lowest BCUT2D eigenvalue weighted by molar-refractivity contribution is -0.870. The number of hydrogen-bond acceptors (Lipinski definition) is 6. The van der Waals surface area contributed by atoms with Gasteiger partial charge in [-0.1, -0.05) is 178 Å². The minimum atomic E-state index is -4.60. The number of aliphatic hydroxyl groups excluding tert-OH is 1. The molecule has 3 atom stereocenters. The first-order valence-corrected chi connectivity index (χ1v) is 24.5. The number of phosphoric acid groups is 1. The SMILES string of the molecule is CCCCC/C=C\C=C/CCCCCCCCCCCCC(=O)NC(COP(=O)([O-])OCC[N+](C)(C)C)C(O)/C=C/CC/C=C/CCCCCCCCCCC. The first-order valence-electron chi connectivity index (χ1n) is 23.0. The number of nitrogens with one attached hydrogen (secondary N) is 1. The van der Waals surface area contributed by atoms with Crippen LogP contribution in [0.4, 0.5) is 0 Å². The Labute approximate surface area is 346 Å². The molecule has 0 radical (unpaired) electrons. The number of unbranched alkanes of at least 4 members (excludes halogenated alkanes) is 23. The van der Waals surface area contributed by atoms with Crippen LogP contribution in [0.2, 0.25) is 0 Å². The van der Waals surface area contributed by atoms with Crippen molar-refractivity contribution in [3.05, 3.63) is 48.6 Å². The van der Waals surface area contributed by atoms with Crippen LogP contribution >= 0.6 is 7.82 Å². The number of carbonyl (C=O) groups is 1. The Hall–Kier alpha value is -1.54. The van der Waals surface area contributed by atoms with Gasteiger partial charge in [0.2, 0.25) is 5.91 Å².